The average Bonchev–Trinajstić information content (AvgIpc) is 2.94. The largest absolute Gasteiger partial charge is 0.338 e. The highest BCUT2D eigenvalue weighted by atomic mass is 32.2. The molecule has 1 aromatic heterocycles. The molecular formula is C15H19N5O2S2. The number of hydrogen-bond acceptors (Lipinski definition) is 7. The summed E-state index contributed by atoms with van der Waals surface area (Å²) in [5.41, 5.74) is 2.08. The molecule has 24 heavy (non-hydrogen) atoms. The summed E-state index contributed by atoms with van der Waals surface area (Å²) in [6.07, 6.45) is 0. The zero-order chi connectivity index (χ0) is 17.5. The Labute approximate surface area is 148 Å². The molecule has 0 bridgehead atoms. The molecule has 0 saturated carbocycles. The fraction of sp³-hybridized carbons (Fsp3) is 0.333. The first kappa shape index (κ1) is 18.2. The maximum atomic E-state index is 11.9. The maximum Gasteiger partial charge on any atom is 0.321 e. The molecule has 0 saturated heterocycles. The Morgan fingerprint density at radius 2 is 2.12 bits per heavy atom. The van der Waals surface area contributed by atoms with Crippen LogP contribution in [0, 0.1) is 6.92 Å². The van der Waals surface area contributed by atoms with E-state index in [4.69, 9.17) is 0 Å². The van der Waals surface area contributed by atoms with Gasteiger partial charge in [-0.25, -0.2) is 4.79 Å². The number of carbonyl (C=O) groups excluding carboxylic acids is 2. The second kappa shape index (κ2) is 8.65. The first-order chi connectivity index (χ1) is 11.5. The lowest BCUT2D eigenvalue weighted by Crippen LogP contribution is -2.42. The lowest BCUT2D eigenvalue weighted by atomic mass is 10.2. The molecule has 0 aliphatic rings. The Balaban J connectivity index is 1.91. The van der Waals surface area contributed by atoms with Crippen LogP contribution >= 0.6 is 23.1 Å². The Bertz CT molecular complexity index is 719. The Kier molecular flexibility index (Phi) is 6.56. The van der Waals surface area contributed by atoms with Crippen LogP contribution in [0.2, 0.25) is 0 Å². The topological polar surface area (TPSA) is 96.0 Å². The molecule has 0 unspecified atom stereocenters. The van der Waals surface area contributed by atoms with Crippen molar-refractivity contribution in [2.24, 2.45) is 0 Å². The quantitative estimate of drug-likeness (QED) is 0.681. The van der Waals surface area contributed by atoms with Gasteiger partial charge in [0.15, 0.2) is 4.34 Å². The summed E-state index contributed by atoms with van der Waals surface area (Å²) in [7, 11) is 0. The molecule has 0 aliphatic heterocycles. The number of urea groups is 1. The van der Waals surface area contributed by atoms with Gasteiger partial charge in [0.05, 0.1) is 5.25 Å². The number of thioether (sulfide) groups is 1. The van der Waals surface area contributed by atoms with E-state index < -0.39 is 11.3 Å². The van der Waals surface area contributed by atoms with E-state index in [0.717, 1.165) is 11.3 Å². The first-order valence-corrected chi connectivity index (χ1v) is 9.10. The molecule has 7 nitrogen and oxygen atoms in total. The third-order valence-electron chi connectivity index (χ3n) is 2.90. The molecule has 1 aromatic carbocycles. The minimum absolute atomic E-state index is 0.366. The van der Waals surface area contributed by atoms with Crippen molar-refractivity contribution in [2.75, 3.05) is 11.9 Å². The first-order valence-electron chi connectivity index (χ1n) is 7.40. The molecule has 0 radical (unpaired) electrons. The summed E-state index contributed by atoms with van der Waals surface area (Å²) in [5, 5.41) is 16.3. The van der Waals surface area contributed by atoms with Crippen LogP contribution in [0.4, 0.5) is 15.6 Å². The Morgan fingerprint density at radius 3 is 2.83 bits per heavy atom. The molecule has 2 rings (SSSR count). The molecule has 1 atom stereocenters. The number of nitrogens with one attached hydrogen (secondary N) is 3. The number of amides is 3. The van der Waals surface area contributed by atoms with Crippen LogP contribution in [0.15, 0.2) is 28.6 Å². The van der Waals surface area contributed by atoms with E-state index in [9.17, 15) is 9.59 Å². The number of imide groups is 1. The number of hydrogen-bond donors (Lipinski definition) is 3. The van der Waals surface area contributed by atoms with Gasteiger partial charge in [-0.1, -0.05) is 35.2 Å². The fourth-order valence-electron chi connectivity index (χ4n) is 1.78. The SMILES string of the molecule is CCNC(=O)NC(=O)[C@H](C)Sc1nnc(Nc2cccc(C)c2)s1. The molecule has 3 amide bonds. The van der Waals surface area contributed by atoms with Crippen LogP contribution in [0.25, 0.3) is 0 Å². The summed E-state index contributed by atoms with van der Waals surface area (Å²) in [4.78, 5) is 23.3. The molecule has 1 heterocycles. The van der Waals surface area contributed by atoms with Gasteiger partial charge in [-0.3, -0.25) is 10.1 Å². The molecule has 0 fully saturated rings. The van der Waals surface area contributed by atoms with E-state index in [-0.39, 0.29) is 5.91 Å². The van der Waals surface area contributed by atoms with Crippen molar-refractivity contribution in [1.29, 1.82) is 0 Å². The number of nitrogens with zero attached hydrogens (tertiary/aromatic N) is 2. The van der Waals surface area contributed by atoms with Crippen molar-refractivity contribution in [3.05, 3.63) is 29.8 Å². The highest BCUT2D eigenvalue weighted by Crippen LogP contribution is 2.30. The van der Waals surface area contributed by atoms with Gasteiger partial charge in [-0.05, 0) is 38.5 Å². The van der Waals surface area contributed by atoms with Gasteiger partial charge < -0.3 is 10.6 Å². The molecular weight excluding hydrogens is 346 g/mol. The summed E-state index contributed by atoms with van der Waals surface area (Å²) >= 11 is 2.62. The Morgan fingerprint density at radius 1 is 1.33 bits per heavy atom. The van der Waals surface area contributed by atoms with Crippen LogP contribution in [0.1, 0.15) is 19.4 Å². The lowest BCUT2D eigenvalue weighted by Gasteiger charge is -2.09. The minimum Gasteiger partial charge on any atom is -0.338 e. The van der Waals surface area contributed by atoms with E-state index in [0.29, 0.717) is 16.0 Å². The van der Waals surface area contributed by atoms with Crippen molar-refractivity contribution in [3.63, 3.8) is 0 Å². The number of carbonyl (C=O) groups is 2. The molecule has 9 heteroatoms. The van der Waals surface area contributed by atoms with Gasteiger partial charge in [-0.2, -0.15) is 0 Å². The smallest absolute Gasteiger partial charge is 0.321 e. The van der Waals surface area contributed by atoms with Gasteiger partial charge in [-0.15, -0.1) is 10.2 Å². The summed E-state index contributed by atoms with van der Waals surface area (Å²) in [5.74, 6) is -0.366. The predicted molar refractivity (Wildman–Crippen MR) is 96.9 cm³/mol. The van der Waals surface area contributed by atoms with E-state index in [1.807, 2.05) is 31.2 Å². The van der Waals surface area contributed by atoms with Crippen LogP contribution in [-0.2, 0) is 4.79 Å². The molecule has 128 valence electrons. The van der Waals surface area contributed by atoms with Crippen LogP contribution in [-0.4, -0.2) is 33.9 Å². The second-order valence-corrected chi connectivity index (χ2v) is 7.54. The lowest BCUT2D eigenvalue weighted by molar-refractivity contribution is -0.119. The summed E-state index contributed by atoms with van der Waals surface area (Å²) in [6, 6.07) is 7.44. The highest BCUT2D eigenvalue weighted by Gasteiger charge is 2.19. The standard InChI is InChI=1S/C15H19N5O2S2/c1-4-16-13(22)18-12(21)10(3)23-15-20-19-14(24-15)17-11-7-5-6-9(2)8-11/h5-8,10H,4H2,1-3H3,(H,17,19)(H2,16,18,21,22)/t10-/m0/s1. The van der Waals surface area contributed by atoms with Crippen molar-refractivity contribution < 1.29 is 9.59 Å². The van der Waals surface area contributed by atoms with Gasteiger partial charge in [0.25, 0.3) is 0 Å². The van der Waals surface area contributed by atoms with Crippen LogP contribution in [0.3, 0.4) is 0 Å². The van der Waals surface area contributed by atoms with Crippen molar-refractivity contribution in [1.82, 2.24) is 20.8 Å². The van der Waals surface area contributed by atoms with Gasteiger partial charge in [0.2, 0.25) is 11.0 Å². The van der Waals surface area contributed by atoms with Gasteiger partial charge in [0, 0.05) is 12.2 Å². The van der Waals surface area contributed by atoms with Crippen LogP contribution in [0.5, 0.6) is 0 Å². The third kappa shape index (κ3) is 5.50. The molecule has 2 aromatic rings. The number of anilines is 2. The van der Waals surface area contributed by atoms with E-state index in [1.165, 1.54) is 23.1 Å². The molecule has 3 N–H and O–H groups in total. The summed E-state index contributed by atoms with van der Waals surface area (Å²) < 4.78 is 0.656. The van der Waals surface area contributed by atoms with Crippen molar-refractivity contribution in [2.45, 2.75) is 30.4 Å². The van der Waals surface area contributed by atoms with E-state index >= 15 is 0 Å². The van der Waals surface area contributed by atoms with Crippen LogP contribution < -0.4 is 16.0 Å². The number of aromatic nitrogens is 2. The minimum atomic E-state index is -0.492. The third-order valence-corrected chi connectivity index (χ3v) is 4.92. The zero-order valence-electron chi connectivity index (χ0n) is 13.6. The second-order valence-electron chi connectivity index (χ2n) is 4.98. The molecule has 0 spiro atoms. The van der Waals surface area contributed by atoms with Crippen molar-refractivity contribution in [3.8, 4) is 0 Å². The van der Waals surface area contributed by atoms with E-state index in [1.54, 1.807) is 13.8 Å². The number of aryl methyl sites for hydroxylation is 1. The van der Waals surface area contributed by atoms with Gasteiger partial charge in [0.1, 0.15) is 0 Å². The normalized spacial score (nSPS) is 11.6. The number of rotatable bonds is 6. The predicted octanol–water partition coefficient (Wildman–Crippen LogP) is 2.92. The van der Waals surface area contributed by atoms with E-state index in [2.05, 4.69) is 26.1 Å². The summed E-state index contributed by atoms with van der Waals surface area (Å²) in [6.45, 7) is 5.98. The fourth-order valence-corrected chi connectivity index (χ4v) is 3.69. The number of benzene rings is 1. The highest BCUT2D eigenvalue weighted by molar-refractivity contribution is 8.02. The maximum absolute atomic E-state index is 11.9. The zero-order valence-corrected chi connectivity index (χ0v) is 15.3. The monoisotopic (exact) mass is 365 g/mol. The van der Waals surface area contributed by atoms with Crippen molar-refractivity contribution >= 4 is 45.9 Å². The molecule has 0 aliphatic carbocycles. The average molecular weight is 365 g/mol. The Hall–Kier alpha value is -2.13. The van der Waals surface area contributed by atoms with Gasteiger partial charge >= 0.3 is 6.03 Å².